The van der Waals surface area contributed by atoms with Gasteiger partial charge in [0, 0.05) is 19.7 Å². The molecule has 6 nitrogen and oxygen atoms in total. The maximum Gasteiger partial charge on any atom is 0.266 e. The molecule has 2 rings (SSSR count). The minimum atomic E-state index is -0.362. The second kappa shape index (κ2) is 4.59. The zero-order valence-electron chi connectivity index (χ0n) is 8.59. The predicted molar refractivity (Wildman–Crippen MR) is 54.4 cm³/mol. The molecule has 1 atom stereocenters. The van der Waals surface area contributed by atoms with E-state index < -0.39 is 0 Å². The van der Waals surface area contributed by atoms with Crippen molar-refractivity contribution in [2.75, 3.05) is 24.6 Å². The molecule has 0 amide bonds. The molecular formula is C9H16N4O2. The minimum absolute atomic E-state index is 0.0304. The first-order chi connectivity index (χ1) is 7.31. The lowest BCUT2D eigenvalue weighted by molar-refractivity contribution is 0.259. The van der Waals surface area contributed by atoms with Gasteiger partial charge >= 0.3 is 0 Å². The van der Waals surface area contributed by atoms with E-state index >= 15 is 0 Å². The van der Waals surface area contributed by atoms with Crippen LogP contribution in [0, 0.1) is 0 Å². The second-order valence-corrected chi connectivity index (χ2v) is 3.75. The zero-order valence-corrected chi connectivity index (χ0v) is 8.59. The molecule has 2 heterocycles. The fraction of sp³-hybridized carbons (Fsp3) is 0.778. The Balaban J connectivity index is 2.02. The first kappa shape index (κ1) is 10.4. The van der Waals surface area contributed by atoms with E-state index in [1.165, 1.54) is 12.8 Å². The number of rotatable bonds is 4. The number of aromatic nitrogens is 2. The van der Waals surface area contributed by atoms with Crippen LogP contribution in [0.2, 0.25) is 0 Å². The Hall–Kier alpha value is -1.14. The summed E-state index contributed by atoms with van der Waals surface area (Å²) in [5.41, 5.74) is 5.74. The summed E-state index contributed by atoms with van der Waals surface area (Å²) in [5.74, 6) is 1.03. The molecule has 84 valence electrons. The van der Waals surface area contributed by atoms with Crippen molar-refractivity contribution in [3.8, 4) is 0 Å². The van der Waals surface area contributed by atoms with E-state index in [9.17, 15) is 0 Å². The molecule has 1 aliphatic heterocycles. The monoisotopic (exact) mass is 212 g/mol. The molecule has 1 saturated heterocycles. The van der Waals surface area contributed by atoms with E-state index in [1.807, 2.05) is 0 Å². The molecule has 0 spiro atoms. The van der Waals surface area contributed by atoms with Gasteiger partial charge in [-0.3, -0.25) is 0 Å². The lowest BCUT2D eigenvalue weighted by atomic mass is 10.2. The van der Waals surface area contributed by atoms with E-state index in [2.05, 4.69) is 15.0 Å². The largest absolute Gasteiger partial charge is 0.396 e. The first-order valence-electron chi connectivity index (χ1n) is 5.26. The van der Waals surface area contributed by atoms with Gasteiger partial charge in [-0.05, 0) is 24.4 Å². The van der Waals surface area contributed by atoms with Gasteiger partial charge < -0.3 is 20.3 Å². The van der Waals surface area contributed by atoms with Gasteiger partial charge in [0.15, 0.2) is 0 Å². The molecule has 15 heavy (non-hydrogen) atoms. The molecule has 1 aliphatic rings. The van der Waals surface area contributed by atoms with Crippen molar-refractivity contribution in [3.05, 3.63) is 5.89 Å². The van der Waals surface area contributed by atoms with Crippen molar-refractivity contribution in [2.24, 2.45) is 5.73 Å². The van der Waals surface area contributed by atoms with Crippen LogP contribution in [0.25, 0.3) is 0 Å². The van der Waals surface area contributed by atoms with Crippen molar-refractivity contribution in [1.29, 1.82) is 0 Å². The molecule has 1 aromatic rings. The number of hydrogen-bond acceptors (Lipinski definition) is 6. The molecule has 0 saturated carbocycles. The van der Waals surface area contributed by atoms with Gasteiger partial charge in [0.2, 0.25) is 5.89 Å². The van der Waals surface area contributed by atoms with Crippen LogP contribution in [0.5, 0.6) is 0 Å². The number of anilines is 1. The van der Waals surface area contributed by atoms with E-state index in [-0.39, 0.29) is 12.6 Å². The first-order valence-corrected chi connectivity index (χ1v) is 5.26. The van der Waals surface area contributed by atoms with E-state index in [0.29, 0.717) is 18.3 Å². The third kappa shape index (κ3) is 2.27. The Morgan fingerprint density at radius 1 is 1.47 bits per heavy atom. The highest BCUT2D eigenvalue weighted by Gasteiger charge is 2.20. The molecule has 3 N–H and O–H groups in total. The number of nitrogens with zero attached hydrogens (tertiary/aromatic N) is 3. The van der Waals surface area contributed by atoms with Crippen LogP contribution in [0.3, 0.4) is 0 Å². The number of aliphatic hydroxyl groups is 1. The van der Waals surface area contributed by atoms with Gasteiger partial charge in [0.05, 0.1) is 6.04 Å². The summed E-state index contributed by atoms with van der Waals surface area (Å²) in [6, 6.07) is -0.362. The standard InChI is InChI=1S/C9H16N4O2/c10-7(3-6-14)8-11-9(12-15-8)13-4-1-2-5-13/h7,14H,1-6,10H2. The van der Waals surface area contributed by atoms with Crippen molar-refractivity contribution in [3.63, 3.8) is 0 Å². The highest BCUT2D eigenvalue weighted by atomic mass is 16.5. The van der Waals surface area contributed by atoms with Crippen LogP contribution in [0.15, 0.2) is 4.52 Å². The maximum atomic E-state index is 8.74. The minimum Gasteiger partial charge on any atom is -0.396 e. The summed E-state index contributed by atoms with van der Waals surface area (Å²) in [4.78, 5) is 6.30. The summed E-state index contributed by atoms with van der Waals surface area (Å²) >= 11 is 0. The molecule has 6 heteroatoms. The predicted octanol–water partition coefficient (Wildman–Crippen LogP) is 0.0520. The van der Waals surface area contributed by atoms with Crippen LogP contribution in [-0.2, 0) is 0 Å². The van der Waals surface area contributed by atoms with Gasteiger partial charge in [-0.1, -0.05) is 0 Å². The van der Waals surface area contributed by atoms with Crippen molar-refractivity contribution < 1.29 is 9.63 Å². The van der Waals surface area contributed by atoms with Crippen molar-refractivity contribution >= 4 is 5.95 Å². The van der Waals surface area contributed by atoms with Crippen LogP contribution >= 0.6 is 0 Å². The average molecular weight is 212 g/mol. The van der Waals surface area contributed by atoms with Gasteiger partial charge in [-0.15, -0.1) is 0 Å². The molecule has 1 fully saturated rings. The number of nitrogens with two attached hydrogens (primary N) is 1. The fourth-order valence-electron chi connectivity index (χ4n) is 1.69. The smallest absolute Gasteiger partial charge is 0.266 e. The van der Waals surface area contributed by atoms with Crippen LogP contribution < -0.4 is 10.6 Å². The summed E-state index contributed by atoms with van der Waals surface area (Å²) in [6.45, 7) is 1.99. The molecule has 0 bridgehead atoms. The Labute approximate surface area is 88.1 Å². The maximum absolute atomic E-state index is 8.74. The van der Waals surface area contributed by atoms with E-state index in [1.54, 1.807) is 0 Å². The van der Waals surface area contributed by atoms with Crippen LogP contribution in [-0.4, -0.2) is 34.9 Å². The molecule has 1 aromatic heterocycles. The third-order valence-corrected chi connectivity index (χ3v) is 2.58. The molecular weight excluding hydrogens is 196 g/mol. The third-order valence-electron chi connectivity index (χ3n) is 2.58. The molecule has 0 aliphatic carbocycles. The molecule has 1 unspecified atom stereocenters. The Morgan fingerprint density at radius 3 is 2.87 bits per heavy atom. The topological polar surface area (TPSA) is 88.4 Å². The van der Waals surface area contributed by atoms with Gasteiger partial charge in [0.25, 0.3) is 5.95 Å². The highest BCUT2D eigenvalue weighted by Crippen LogP contribution is 2.19. The zero-order chi connectivity index (χ0) is 10.7. The Morgan fingerprint density at radius 2 is 2.20 bits per heavy atom. The summed E-state index contributed by atoms with van der Waals surface area (Å²) in [5, 5.41) is 12.6. The van der Waals surface area contributed by atoms with Gasteiger partial charge in [-0.2, -0.15) is 4.98 Å². The van der Waals surface area contributed by atoms with Crippen LogP contribution in [0.4, 0.5) is 5.95 Å². The van der Waals surface area contributed by atoms with E-state index in [0.717, 1.165) is 13.1 Å². The fourth-order valence-corrected chi connectivity index (χ4v) is 1.69. The Bertz CT molecular complexity index is 309. The molecule has 0 aromatic carbocycles. The highest BCUT2D eigenvalue weighted by molar-refractivity contribution is 5.29. The van der Waals surface area contributed by atoms with E-state index in [4.69, 9.17) is 15.4 Å². The molecule has 0 radical (unpaired) electrons. The lowest BCUT2D eigenvalue weighted by Gasteiger charge is -2.10. The lowest BCUT2D eigenvalue weighted by Crippen LogP contribution is -2.19. The second-order valence-electron chi connectivity index (χ2n) is 3.75. The number of hydrogen-bond donors (Lipinski definition) is 2. The number of aliphatic hydroxyl groups excluding tert-OH is 1. The summed E-state index contributed by atoms with van der Waals surface area (Å²) in [6.07, 6.45) is 2.79. The van der Waals surface area contributed by atoms with Crippen LogP contribution in [0.1, 0.15) is 31.2 Å². The normalized spacial score (nSPS) is 18.4. The SMILES string of the molecule is NC(CCO)c1nc(N2CCCC2)no1. The van der Waals surface area contributed by atoms with Gasteiger partial charge in [0.1, 0.15) is 0 Å². The van der Waals surface area contributed by atoms with Crippen molar-refractivity contribution in [2.45, 2.75) is 25.3 Å². The quantitative estimate of drug-likeness (QED) is 0.733. The summed E-state index contributed by atoms with van der Waals surface area (Å²) in [7, 11) is 0. The van der Waals surface area contributed by atoms with Gasteiger partial charge in [-0.25, -0.2) is 0 Å². The Kier molecular flexibility index (Phi) is 3.17. The average Bonchev–Trinajstić information content (AvgIpc) is 2.89. The summed E-state index contributed by atoms with van der Waals surface area (Å²) < 4.78 is 5.05. The van der Waals surface area contributed by atoms with Crippen molar-refractivity contribution in [1.82, 2.24) is 10.1 Å².